The van der Waals surface area contributed by atoms with E-state index in [1.54, 1.807) is 6.07 Å². The zero-order valence-electron chi connectivity index (χ0n) is 8.77. The highest BCUT2D eigenvalue weighted by Crippen LogP contribution is 2.31. The van der Waals surface area contributed by atoms with Crippen LogP contribution in [0.5, 0.6) is 0 Å². The third kappa shape index (κ3) is 1.83. The Balaban J connectivity index is 2.82. The quantitative estimate of drug-likeness (QED) is 0.844. The monoisotopic (exact) mass is 278 g/mol. The Morgan fingerprint density at radius 3 is 2.38 bits per heavy atom. The van der Waals surface area contributed by atoms with E-state index in [4.69, 9.17) is 5.11 Å². The van der Waals surface area contributed by atoms with Crippen molar-refractivity contribution in [2.45, 2.75) is 11.8 Å². The number of hydrogen-bond donors (Lipinski definition) is 1. The van der Waals surface area contributed by atoms with E-state index in [0.29, 0.717) is 5.56 Å². The SMILES string of the molecule is CC(Br)c1ccc(C(=O)O)c2ccccc12. The van der Waals surface area contributed by atoms with Gasteiger partial charge < -0.3 is 5.11 Å². The lowest BCUT2D eigenvalue weighted by Crippen LogP contribution is -1.99. The van der Waals surface area contributed by atoms with Gasteiger partial charge >= 0.3 is 5.97 Å². The van der Waals surface area contributed by atoms with Crippen LogP contribution in [0.25, 0.3) is 10.8 Å². The molecule has 0 saturated carbocycles. The fourth-order valence-corrected chi connectivity index (χ4v) is 2.25. The number of aromatic carboxylic acids is 1. The molecule has 0 aromatic heterocycles. The third-order valence-corrected chi connectivity index (χ3v) is 3.11. The van der Waals surface area contributed by atoms with E-state index in [9.17, 15) is 4.79 Å². The molecule has 3 heteroatoms. The Bertz CT molecular complexity index is 547. The van der Waals surface area contributed by atoms with Crippen molar-refractivity contribution in [1.82, 2.24) is 0 Å². The smallest absolute Gasteiger partial charge is 0.336 e. The average Bonchev–Trinajstić information content (AvgIpc) is 2.27. The summed E-state index contributed by atoms with van der Waals surface area (Å²) in [4.78, 5) is 11.3. The summed E-state index contributed by atoms with van der Waals surface area (Å²) in [5.74, 6) is -0.884. The van der Waals surface area contributed by atoms with Crippen molar-refractivity contribution in [3.05, 3.63) is 47.5 Å². The first-order chi connectivity index (χ1) is 7.61. The van der Waals surface area contributed by atoms with Crippen LogP contribution in [0.4, 0.5) is 0 Å². The maximum absolute atomic E-state index is 11.1. The molecule has 0 radical (unpaired) electrons. The minimum absolute atomic E-state index is 0.209. The summed E-state index contributed by atoms with van der Waals surface area (Å²) in [5, 5.41) is 10.9. The summed E-state index contributed by atoms with van der Waals surface area (Å²) in [6.45, 7) is 2.03. The molecule has 0 heterocycles. The Morgan fingerprint density at radius 2 is 1.81 bits per heavy atom. The highest BCUT2D eigenvalue weighted by molar-refractivity contribution is 9.09. The van der Waals surface area contributed by atoms with E-state index < -0.39 is 5.97 Å². The van der Waals surface area contributed by atoms with Crippen LogP contribution in [0.1, 0.15) is 27.7 Å². The first-order valence-electron chi connectivity index (χ1n) is 5.00. The summed E-state index contributed by atoms with van der Waals surface area (Å²) in [5.41, 5.74) is 1.47. The lowest BCUT2D eigenvalue weighted by molar-refractivity contribution is 0.0699. The first kappa shape index (κ1) is 11.1. The molecule has 0 aliphatic carbocycles. The van der Waals surface area contributed by atoms with Gasteiger partial charge in [-0.15, -0.1) is 0 Å². The van der Waals surface area contributed by atoms with E-state index in [-0.39, 0.29) is 4.83 Å². The molecule has 0 saturated heterocycles. The van der Waals surface area contributed by atoms with Crippen LogP contribution < -0.4 is 0 Å². The summed E-state index contributed by atoms with van der Waals surface area (Å²) >= 11 is 3.52. The molecular weight excluding hydrogens is 268 g/mol. The Morgan fingerprint density at radius 1 is 1.19 bits per heavy atom. The molecule has 0 aliphatic heterocycles. The van der Waals surface area contributed by atoms with Crippen molar-refractivity contribution in [2.75, 3.05) is 0 Å². The summed E-state index contributed by atoms with van der Waals surface area (Å²) in [7, 11) is 0. The van der Waals surface area contributed by atoms with Gasteiger partial charge in [0.2, 0.25) is 0 Å². The van der Waals surface area contributed by atoms with E-state index in [2.05, 4.69) is 15.9 Å². The second-order valence-electron chi connectivity index (χ2n) is 3.67. The van der Waals surface area contributed by atoms with Crippen molar-refractivity contribution >= 4 is 32.7 Å². The number of carboxylic acids is 1. The van der Waals surface area contributed by atoms with Gasteiger partial charge in [-0.1, -0.05) is 46.3 Å². The normalized spacial score (nSPS) is 12.6. The van der Waals surface area contributed by atoms with Crippen LogP contribution in [-0.4, -0.2) is 11.1 Å². The third-order valence-electron chi connectivity index (χ3n) is 2.62. The number of alkyl halides is 1. The number of benzene rings is 2. The molecule has 1 atom stereocenters. The molecule has 1 N–H and O–H groups in total. The molecule has 2 aromatic carbocycles. The van der Waals surface area contributed by atoms with Gasteiger partial charge in [-0.05, 0) is 29.3 Å². The molecule has 2 aromatic rings. The maximum atomic E-state index is 11.1. The molecule has 16 heavy (non-hydrogen) atoms. The van der Waals surface area contributed by atoms with Crippen LogP contribution in [0.2, 0.25) is 0 Å². The van der Waals surface area contributed by atoms with Gasteiger partial charge in [0, 0.05) is 4.83 Å². The second kappa shape index (κ2) is 4.26. The minimum atomic E-state index is -0.884. The van der Waals surface area contributed by atoms with Crippen molar-refractivity contribution < 1.29 is 9.90 Å². The minimum Gasteiger partial charge on any atom is -0.478 e. The highest BCUT2D eigenvalue weighted by Gasteiger charge is 2.12. The van der Waals surface area contributed by atoms with Crippen molar-refractivity contribution in [2.24, 2.45) is 0 Å². The molecule has 0 bridgehead atoms. The highest BCUT2D eigenvalue weighted by atomic mass is 79.9. The Kier molecular flexibility index (Phi) is 2.97. The predicted octanol–water partition coefficient (Wildman–Crippen LogP) is 3.99. The Labute approximate surface area is 102 Å². The van der Waals surface area contributed by atoms with Gasteiger partial charge in [0.05, 0.1) is 5.56 Å². The fourth-order valence-electron chi connectivity index (χ4n) is 1.86. The summed E-state index contributed by atoms with van der Waals surface area (Å²) < 4.78 is 0. The molecule has 0 amide bonds. The predicted molar refractivity (Wildman–Crippen MR) is 68.2 cm³/mol. The van der Waals surface area contributed by atoms with E-state index in [1.807, 2.05) is 37.3 Å². The van der Waals surface area contributed by atoms with E-state index >= 15 is 0 Å². The molecule has 82 valence electrons. The molecule has 1 unspecified atom stereocenters. The molecule has 0 aliphatic rings. The van der Waals surface area contributed by atoms with Crippen LogP contribution in [0, 0.1) is 0 Å². The van der Waals surface area contributed by atoms with Gasteiger partial charge in [-0.25, -0.2) is 4.79 Å². The van der Waals surface area contributed by atoms with Crippen molar-refractivity contribution in [3.63, 3.8) is 0 Å². The number of hydrogen-bond acceptors (Lipinski definition) is 1. The Hall–Kier alpha value is -1.35. The van der Waals surface area contributed by atoms with Gasteiger partial charge in [0.15, 0.2) is 0 Å². The van der Waals surface area contributed by atoms with Gasteiger partial charge in [0.25, 0.3) is 0 Å². The fraction of sp³-hybridized carbons (Fsp3) is 0.154. The number of fused-ring (bicyclic) bond motifs is 1. The van der Waals surface area contributed by atoms with Crippen molar-refractivity contribution in [3.8, 4) is 0 Å². The van der Waals surface area contributed by atoms with Crippen molar-refractivity contribution in [1.29, 1.82) is 0 Å². The number of rotatable bonds is 2. The number of halogens is 1. The lowest BCUT2D eigenvalue weighted by Gasteiger charge is -2.10. The van der Waals surface area contributed by atoms with Gasteiger partial charge in [-0.2, -0.15) is 0 Å². The van der Waals surface area contributed by atoms with E-state index in [0.717, 1.165) is 16.3 Å². The molecule has 0 fully saturated rings. The first-order valence-corrected chi connectivity index (χ1v) is 5.92. The van der Waals surface area contributed by atoms with Gasteiger partial charge in [-0.3, -0.25) is 0 Å². The molecular formula is C13H11BrO2. The average molecular weight is 279 g/mol. The summed E-state index contributed by atoms with van der Waals surface area (Å²) in [6, 6.07) is 11.1. The molecule has 0 spiro atoms. The topological polar surface area (TPSA) is 37.3 Å². The van der Waals surface area contributed by atoms with E-state index in [1.165, 1.54) is 0 Å². The standard InChI is InChI=1S/C13H11BrO2/c1-8(14)9-6-7-12(13(15)16)11-5-3-2-4-10(9)11/h2-8H,1H3,(H,15,16). The molecule has 2 rings (SSSR count). The van der Waals surface area contributed by atoms with Crippen LogP contribution in [0.15, 0.2) is 36.4 Å². The largest absolute Gasteiger partial charge is 0.478 e. The zero-order chi connectivity index (χ0) is 11.7. The van der Waals surface area contributed by atoms with Crippen LogP contribution in [0.3, 0.4) is 0 Å². The second-order valence-corrected chi connectivity index (χ2v) is 5.04. The maximum Gasteiger partial charge on any atom is 0.336 e. The summed E-state index contributed by atoms with van der Waals surface area (Å²) in [6.07, 6.45) is 0. The van der Waals surface area contributed by atoms with Gasteiger partial charge in [0.1, 0.15) is 0 Å². The molecule has 2 nitrogen and oxygen atoms in total. The number of carbonyl (C=O) groups is 1. The lowest BCUT2D eigenvalue weighted by atomic mass is 9.98. The van der Waals surface area contributed by atoms with Crippen LogP contribution in [-0.2, 0) is 0 Å². The van der Waals surface area contributed by atoms with Crippen LogP contribution >= 0.6 is 15.9 Å². The zero-order valence-corrected chi connectivity index (χ0v) is 10.4. The number of carboxylic acid groups (broad SMARTS) is 1.